The highest BCUT2D eigenvalue weighted by atomic mass is 16.5. The highest BCUT2D eigenvalue weighted by Gasteiger charge is 2.41. The molecule has 3 rings (SSSR count). The van der Waals surface area contributed by atoms with Gasteiger partial charge in [-0.2, -0.15) is 0 Å². The van der Waals surface area contributed by atoms with Crippen molar-refractivity contribution in [1.29, 1.82) is 0 Å². The molecule has 0 radical (unpaired) electrons. The van der Waals surface area contributed by atoms with E-state index >= 15 is 0 Å². The third kappa shape index (κ3) is 3.50. The number of fused-ring (bicyclic) bond motifs is 1. The minimum Gasteiger partial charge on any atom is -0.364 e. The zero-order valence-corrected chi connectivity index (χ0v) is 13.5. The van der Waals surface area contributed by atoms with Gasteiger partial charge in [-0.15, -0.1) is 0 Å². The van der Waals surface area contributed by atoms with Crippen LogP contribution in [0.4, 0.5) is 0 Å². The van der Waals surface area contributed by atoms with Gasteiger partial charge in [0.1, 0.15) is 11.9 Å². The quantitative estimate of drug-likeness (QED) is 0.913. The van der Waals surface area contributed by atoms with Crippen molar-refractivity contribution in [1.82, 2.24) is 15.4 Å². The van der Waals surface area contributed by atoms with Gasteiger partial charge in [0.15, 0.2) is 0 Å². The predicted molar refractivity (Wildman–Crippen MR) is 81.2 cm³/mol. The van der Waals surface area contributed by atoms with E-state index in [4.69, 9.17) is 9.26 Å². The maximum absolute atomic E-state index is 12.1. The van der Waals surface area contributed by atoms with Crippen molar-refractivity contribution in [2.75, 3.05) is 13.1 Å². The molecule has 0 saturated carbocycles. The molecular weight excluding hydrogens is 282 g/mol. The van der Waals surface area contributed by atoms with Crippen LogP contribution in [0.5, 0.6) is 0 Å². The van der Waals surface area contributed by atoms with E-state index in [9.17, 15) is 4.79 Å². The minimum atomic E-state index is -0.286. The second kappa shape index (κ2) is 6.38. The molecule has 122 valence electrons. The first-order valence-corrected chi connectivity index (χ1v) is 8.11. The zero-order valence-electron chi connectivity index (χ0n) is 13.5. The van der Waals surface area contributed by atoms with Gasteiger partial charge in [-0.25, -0.2) is 0 Å². The number of hydrogen-bond donors (Lipinski definition) is 1. The second-order valence-corrected chi connectivity index (χ2v) is 6.77. The van der Waals surface area contributed by atoms with Crippen LogP contribution in [0.2, 0.25) is 0 Å². The first kappa shape index (κ1) is 15.5. The number of carbonyl (C=O) groups is 1. The van der Waals surface area contributed by atoms with Crippen molar-refractivity contribution >= 4 is 5.91 Å². The molecule has 2 saturated heterocycles. The Hall–Kier alpha value is -1.40. The highest BCUT2D eigenvalue weighted by Crippen LogP contribution is 2.33. The lowest BCUT2D eigenvalue weighted by Crippen LogP contribution is -2.42. The molecule has 0 unspecified atom stereocenters. The number of amides is 1. The molecule has 0 bridgehead atoms. The van der Waals surface area contributed by atoms with Gasteiger partial charge >= 0.3 is 0 Å². The van der Waals surface area contributed by atoms with E-state index in [1.165, 1.54) is 0 Å². The fraction of sp³-hybridized carbons (Fsp3) is 0.750. The monoisotopic (exact) mass is 307 g/mol. The molecule has 0 spiro atoms. The molecule has 3 heterocycles. The van der Waals surface area contributed by atoms with Crippen LogP contribution in [0.25, 0.3) is 0 Å². The van der Waals surface area contributed by atoms with Gasteiger partial charge in [-0.1, -0.05) is 5.16 Å². The molecule has 1 aromatic heterocycles. The third-order valence-corrected chi connectivity index (χ3v) is 4.42. The summed E-state index contributed by atoms with van der Waals surface area (Å²) in [7, 11) is 0. The van der Waals surface area contributed by atoms with Crippen LogP contribution in [0.15, 0.2) is 10.6 Å². The van der Waals surface area contributed by atoms with E-state index in [-0.39, 0.29) is 24.2 Å². The Morgan fingerprint density at radius 2 is 2.36 bits per heavy atom. The topological polar surface area (TPSA) is 67.6 Å². The summed E-state index contributed by atoms with van der Waals surface area (Å²) in [6.07, 6.45) is 1.80. The van der Waals surface area contributed by atoms with Crippen LogP contribution >= 0.6 is 0 Å². The van der Waals surface area contributed by atoms with Crippen molar-refractivity contribution in [2.45, 2.75) is 58.4 Å². The van der Waals surface area contributed by atoms with Crippen LogP contribution in [-0.2, 0) is 16.1 Å². The van der Waals surface area contributed by atoms with E-state index in [0.717, 1.165) is 43.9 Å². The third-order valence-electron chi connectivity index (χ3n) is 4.42. The summed E-state index contributed by atoms with van der Waals surface area (Å²) in [5.41, 5.74) is 0.961. The average Bonchev–Trinajstić information content (AvgIpc) is 3.04. The Balaban J connectivity index is 1.54. The normalized spacial score (nSPS) is 28.8. The maximum Gasteiger partial charge on any atom is 0.249 e. The molecule has 2 aliphatic rings. The smallest absolute Gasteiger partial charge is 0.249 e. The summed E-state index contributed by atoms with van der Waals surface area (Å²) in [5, 5.41) is 7.00. The largest absolute Gasteiger partial charge is 0.364 e. The summed E-state index contributed by atoms with van der Waals surface area (Å²) in [6, 6.07) is 2.13. The fourth-order valence-corrected chi connectivity index (χ4v) is 3.41. The number of aromatic nitrogens is 1. The van der Waals surface area contributed by atoms with Gasteiger partial charge in [0, 0.05) is 25.2 Å². The Morgan fingerprint density at radius 3 is 3.05 bits per heavy atom. The number of carbonyl (C=O) groups excluding carboxylic acids is 1. The zero-order chi connectivity index (χ0) is 15.7. The van der Waals surface area contributed by atoms with Gasteiger partial charge < -0.3 is 14.6 Å². The molecule has 2 fully saturated rings. The van der Waals surface area contributed by atoms with Crippen LogP contribution in [0.3, 0.4) is 0 Å². The SMILES string of the molecule is Cc1cc(CN2CC[C@H]3C[C@H](C(=O)NC(C)C)O[C@H]3C2)no1. The van der Waals surface area contributed by atoms with Crippen molar-refractivity contribution in [3.8, 4) is 0 Å². The molecule has 6 nitrogen and oxygen atoms in total. The highest BCUT2D eigenvalue weighted by molar-refractivity contribution is 5.81. The van der Waals surface area contributed by atoms with Crippen LogP contribution in [0, 0.1) is 12.8 Å². The van der Waals surface area contributed by atoms with Crippen LogP contribution < -0.4 is 5.32 Å². The number of hydrogen-bond acceptors (Lipinski definition) is 5. The summed E-state index contributed by atoms with van der Waals surface area (Å²) in [4.78, 5) is 14.4. The van der Waals surface area contributed by atoms with Gasteiger partial charge in [0.25, 0.3) is 0 Å². The first-order chi connectivity index (χ1) is 10.5. The summed E-state index contributed by atoms with van der Waals surface area (Å²) in [5.74, 6) is 1.37. The molecule has 1 aromatic rings. The lowest BCUT2D eigenvalue weighted by atomic mass is 9.91. The number of aryl methyl sites for hydroxylation is 1. The lowest BCUT2D eigenvalue weighted by molar-refractivity contribution is -0.133. The minimum absolute atomic E-state index is 0.0306. The molecule has 0 aliphatic carbocycles. The number of piperidine rings is 1. The van der Waals surface area contributed by atoms with E-state index in [1.807, 2.05) is 26.8 Å². The van der Waals surface area contributed by atoms with Crippen molar-refractivity contribution < 1.29 is 14.1 Å². The maximum atomic E-state index is 12.1. The molecule has 0 aromatic carbocycles. The number of nitrogens with one attached hydrogen (secondary N) is 1. The van der Waals surface area contributed by atoms with Gasteiger partial charge in [-0.05, 0) is 46.1 Å². The Morgan fingerprint density at radius 1 is 1.55 bits per heavy atom. The Bertz CT molecular complexity index is 528. The van der Waals surface area contributed by atoms with Gasteiger partial charge in [-0.3, -0.25) is 9.69 Å². The number of rotatable bonds is 4. The molecule has 3 atom stereocenters. The molecular formula is C16H25N3O3. The molecule has 2 aliphatic heterocycles. The van der Waals surface area contributed by atoms with Crippen molar-refractivity contribution in [2.24, 2.45) is 5.92 Å². The number of likely N-dealkylation sites (tertiary alicyclic amines) is 1. The second-order valence-electron chi connectivity index (χ2n) is 6.77. The summed E-state index contributed by atoms with van der Waals surface area (Å²) < 4.78 is 11.1. The van der Waals surface area contributed by atoms with Crippen LogP contribution in [-0.4, -0.2) is 47.3 Å². The van der Waals surface area contributed by atoms with E-state index in [1.54, 1.807) is 0 Å². The Kier molecular flexibility index (Phi) is 4.49. The van der Waals surface area contributed by atoms with Crippen LogP contribution in [0.1, 0.15) is 38.1 Å². The molecule has 1 amide bonds. The first-order valence-electron chi connectivity index (χ1n) is 8.11. The van der Waals surface area contributed by atoms with Crippen molar-refractivity contribution in [3.05, 3.63) is 17.5 Å². The lowest BCUT2D eigenvalue weighted by Gasteiger charge is -2.33. The molecule has 6 heteroatoms. The number of ether oxygens (including phenoxy) is 1. The molecule has 1 N–H and O–H groups in total. The standard InChI is InChI=1S/C16H25N3O3/c1-10(2)17-16(20)14-7-12-4-5-19(9-15(12)21-14)8-13-6-11(3)22-18-13/h6,10,12,14-15H,4-5,7-9H2,1-3H3,(H,17,20)/t12-,14+,15-/m0/s1. The summed E-state index contributed by atoms with van der Waals surface area (Å²) >= 11 is 0. The van der Waals surface area contributed by atoms with E-state index in [0.29, 0.717) is 5.92 Å². The predicted octanol–water partition coefficient (Wildman–Crippen LogP) is 1.49. The van der Waals surface area contributed by atoms with Gasteiger partial charge in [0.05, 0.1) is 11.8 Å². The molecule has 22 heavy (non-hydrogen) atoms. The fourth-order valence-electron chi connectivity index (χ4n) is 3.41. The van der Waals surface area contributed by atoms with Gasteiger partial charge in [0.2, 0.25) is 5.91 Å². The van der Waals surface area contributed by atoms with Crippen molar-refractivity contribution in [3.63, 3.8) is 0 Å². The van der Waals surface area contributed by atoms with E-state index < -0.39 is 0 Å². The average molecular weight is 307 g/mol. The number of nitrogens with zero attached hydrogens (tertiary/aromatic N) is 2. The van der Waals surface area contributed by atoms with E-state index in [2.05, 4.69) is 15.4 Å². The Labute approximate surface area is 131 Å². The summed E-state index contributed by atoms with van der Waals surface area (Å²) in [6.45, 7) is 8.52.